The molecule has 1 aromatic rings. The maximum absolute atomic E-state index is 12.7. The Morgan fingerprint density at radius 2 is 1.70 bits per heavy atom. The summed E-state index contributed by atoms with van der Waals surface area (Å²) in [6.45, 7) is 3.86. The van der Waals surface area contributed by atoms with Crippen molar-refractivity contribution >= 4 is 11.8 Å². The third-order valence-electron chi connectivity index (χ3n) is 6.78. The van der Waals surface area contributed by atoms with E-state index in [-0.39, 0.29) is 11.9 Å². The monoisotopic (exact) mass is 414 g/mol. The van der Waals surface area contributed by atoms with E-state index in [2.05, 4.69) is 0 Å². The van der Waals surface area contributed by atoms with Gasteiger partial charge < -0.3 is 19.3 Å². The van der Waals surface area contributed by atoms with E-state index in [1.807, 2.05) is 34.1 Å². The Balaban J connectivity index is 1.25. The lowest BCUT2D eigenvalue weighted by Gasteiger charge is -2.27. The normalized spacial score (nSPS) is 22.5. The van der Waals surface area contributed by atoms with Gasteiger partial charge in [-0.1, -0.05) is 25.7 Å². The van der Waals surface area contributed by atoms with E-state index in [1.165, 1.54) is 25.7 Å². The molecule has 1 aliphatic carbocycles. The molecule has 0 N–H and O–H groups in total. The summed E-state index contributed by atoms with van der Waals surface area (Å²) in [4.78, 5) is 29.1. The van der Waals surface area contributed by atoms with E-state index in [4.69, 9.17) is 9.47 Å². The molecule has 2 heterocycles. The summed E-state index contributed by atoms with van der Waals surface area (Å²) in [6.07, 6.45) is 9.03. The minimum Gasteiger partial charge on any atom is -0.491 e. The SMILES string of the molecule is O=C(c1ccc(OCC2CCCN2C(=O)CCC2CCCC2)cc1)N1CCOCC1. The maximum Gasteiger partial charge on any atom is 0.254 e. The van der Waals surface area contributed by atoms with E-state index in [0.29, 0.717) is 50.8 Å². The summed E-state index contributed by atoms with van der Waals surface area (Å²) in [5.41, 5.74) is 0.675. The summed E-state index contributed by atoms with van der Waals surface area (Å²) in [6, 6.07) is 7.53. The number of carbonyl (C=O) groups is 2. The van der Waals surface area contributed by atoms with Crippen molar-refractivity contribution in [3.8, 4) is 5.75 Å². The number of hydrogen-bond donors (Lipinski definition) is 0. The molecular weight excluding hydrogens is 380 g/mol. The van der Waals surface area contributed by atoms with E-state index < -0.39 is 0 Å². The largest absolute Gasteiger partial charge is 0.491 e. The molecule has 164 valence electrons. The molecule has 0 radical (unpaired) electrons. The van der Waals surface area contributed by atoms with Gasteiger partial charge in [-0.3, -0.25) is 9.59 Å². The van der Waals surface area contributed by atoms with Crippen LogP contribution in [0.25, 0.3) is 0 Å². The Bertz CT molecular complexity index is 708. The van der Waals surface area contributed by atoms with Gasteiger partial charge in [-0.25, -0.2) is 0 Å². The molecule has 1 aromatic carbocycles. The molecule has 2 saturated heterocycles. The standard InChI is InChI=1S/C24H34N2O4/c27-23(12-7-19-4-1-2-5-19)26-13-3-6-21(26)18-30-22-10-8-20(9-11-22)24(28)25-14-16-29-17-15-25/h8-11,19,21H,1-7,12-18H2. The Kier molecular flexibility index (Phi) is 7.26. The second-order valence-corrected chi connectivity index (χ2v) is 8.81. The van der Waals surface area contributed by atoms with Crippen LogP contribution in [-0.2, 0) is 9.53 Å². The Labute approximate surface area is 179 Å². The Morgan fingerprint density at radius 3 is 2.43 bits per heavy atom. The summed E-state index contributed by atoms with van der Waals surface area (Å²) < 4.78 is 11.3. The summed E-state index contributed by atoms with van der Waals surface area (Å²) in [5, 5.41) is 0. The fourth-order valence-electron chi connectivity index (χ4n) is 4.94. The molecule has 1 unspecified atom stereocenters. The number of hydrogen-bond acceptors (Lipinski definition) is 4. The molecule has 3 fully saturated rings. The van der Waals surface area contributed by atoms with Crippen LogP contribution in [0.1, 0.15) is 61.7 Å². The van der Waals surface area contributed by atoms with Crippen LogP contribution >= 0.6 is 0 Å². The van der Waals surface area contributed by atoms with Crippen LogP contribution in [0, 0.1) is 5.92 Å². The van der Waals surface area contributed by atoms with Gasteiger partial charge in [0, 0.05) is 31.6 Å². The van der Waals surface area contributed by atoms with Gasteiger partial charge in [0.2, 0.25) is 5.91 Å². The minimum atomic E-state index is 0.0414. The first-order chi connectivity index (χ1) is 14.7. The van der Waals surface area contributed by atoms with Crippen molar-refractivity contribution in [3.63, 3.8) is 0 Å². The van der Waals surface area contributed by atoms with E-state index in [9.17, 15) is 9.59 Å². The molecule has 6 nitrogen and oxygen atoms in total. The van der Waals surface area contributed by atoms with Gasteiger partial charge in [0.05, 0.1) is 19.3 Å². The third-order valence-corrected chi connectivity index (χ3v) is 6.78. The van der Waals surface area contributed by atoms with Crippen LogP contribution in [0.15, 0.2) is 24.3 Å². The number of likely N-dealkylation sites (tertiary alicyclic amines) is 1. The predicted octanol–water partition coefficient (Wildman–Crippen LogP) is 3.50. The zero-order valence-electron chi connectivity index (χ0n) is 17.9. The summed E-state index contributed by atoms with van der Waals surface area (Å²) >= 11 is 0. The molecular formula is C24H34N2O4. The van der Waals surface area contributed by atoms with Crippen LogP contribution in [0.5, 0.6) is 5.75 Å². The van der Waals surface area contributed by atoms with Crippen molar-refractivity contribution in [3.05, 3.63) is 29.8 Å². The number of nitrogens with zero attached hydrogens (tertiary/aromatic N) is 2. The van der Waals surface area contributed by atoms with Crippen LogP contribution in [-0.4, -0.2) is 67.1 Å². The minimum absolute atomic E-state index is 0.0414. The second kappa shape index (κ2) is 10.3. The molecule has 2 amide bonds. The fourth-order valence-corrected chi connectivity index (χ4v) is 4.94. The predicted molar refractivity (Wildman–Crippen MR) is 115 cm³/mol. The lowest BCUT2D eigenvalue weighted by atomic mass is 10.0. The topological polar surface area (TPSA) is 59.1 Å². The van der Waals surface area contributed by atoms with Crippen molar-refractivity contribution in [2.75, 3.05) is 39.5 Å². The summed E-state index contributed by atoms with van der Waals surface area (Å²) in [5.74, 6) is 1.84. The van der Waals surface area contributed by atoms with Crippen LogP contribution in [0.3, 0.4) is 0 Å². The highest BCUT2D eigenvalue weighted by atomic mass is 16.5. The van der Waals surface area contributed by atoms with Gasteiger partial charge in [-0.15, -0.1) is 0 Å². The Hall–Kier alpha value is -2.08. The molecule has 0 aromatic heterocycles. The van der Waals surface area contributed by atoms with E-state index >= 15 is 0 Å². The number of rotatable bonds is 7. The van der Waals surface area contributed by atoms with Crippen molar-refractivity contribution in [2.45, 2.75) is 57.4 Å². The smallest absolute Gasteiger partial charge is 0.254 e. The molecule has 1 atom stereocenters. The first kappa shape index (κ1) is 21.2. The van der Waals surface area contributed by atoms with Gasteiger partial charge in [-0.05, 0) is 49.4 Å². The number of carbonyl (C=O) groups excluding carboxylic acids is 2. The zero-order chi connectivity index (χ0) is 20.8. The second-order valence-electron chi connectivity index (χ2n) is 8.81. The zero-order valence-corrected chi connectivity index (χ0v) is 17.9. The fraction of sp³-hybridized carbons (Fsp3) is 0.667. The molecule has 3 aliphatic rings. The first-order valence-electron chi connectivity index (χ1n) is 11.6. The van der Waals surface area contributed by atoms with E-state index in [0.717, 1.165) is 37.5 Å². The maximum atomic E-state index is 12.7. The van der Waals surface area contributed by atoms with Gasteiger partial charge in [0.25, 0.3) is 5.91 Å². The quantitative estimate of drug-likeness (QED) is 0.685. The van der Waals surface area contributed by atoms with Crippen molar-refractivity contribution in [2.24, 2.45) is 5.92 Å². The molecule has 30 heavy (non-hydrogen) atoms. The van der Waals surface area contributed by atoms with Crippen molar-refractivity contribution < 1.29 is 19.1 Å². The molecule has 0 spiro atoms. The van der Waals surface area contributed by atoms with Crippen molar-refractivity contribution in [1.29, 1.82) is 0 Å². The molecule has 1 saturated carbocycles. The van der Waals surface area contributed by atoms with E-state index in [1.54, 1.807) is 0 Å². The molecule has 2 aliphatic heterocycles. The summed E-state index contributed by atoms with van der Waals surface area (Å²) in [7, 11) is 0. The number of benzene rings is 1. The number of ether oxygens (including phenoxy) is 2. The van der Waals surface area contributed by atoms with Crippen molar-refractivity contribution in [1.82, 2.24) is 9.80 Å². The highest BCUT2D eigenvalue weighted by Crippen LogP contribution is 2.29. The highest BCUT2D eigenvalue weighted by molar-refractivity contribution is 5.94. The number of amides is 2. The highest BCUT2D eigenvalue weighted by Gasteiger charge is 2.29. The first-order valence-corrected chi connectivity index (χ1v) is 11.6. The lowest BCUT2D eigenvalue weighted by molar-refractivity contribution is -0.132. The Morgan fingerprint density at radius 1 is 0.967 bits per heavy atom. The third kappa shape index (κ3) is 5.34. The lowest BCUT2D eigenvalue weighted by Crippen LogP contribution is -2.40. The van der Waals surface area contributed by atoms with Gasteiger partial charge >= 0.3 is 0 Å². The molecule has 4 rings (SSSR count). The van der Waals surface area contributed by atoms with Crippen LogP contribution in [0.2, 0.25) is 0 Å². The van der Waals surface area contributed by atoms with Crippen LogP contribution in [0.4, 0.5) is 0 Å². The van der Waals surface area contributed by atoms with Gasteiger partial charge in [0.15, 0.2) is 0 Å². The molecule has 6 heteroatoms. The van der Waals surface area contributed by atoms with Crippen LogP contribution < -0.4 is 4.74 Å². The van der Waals surface area contributed by atoms with Gasteiger partial charge in [0.1, 0.15) is 12.4 Å². The molecule has 0 bridgehead atoms. The number of morpholine rings is 1. The average Bonchev–Trinajstić information content (AvgIpc) is 3.48. The average molecular weight is 415 g/mol. The van der Waals surface area contributed by atoms with Gasteiger partial charge in [-0.2, -0.15) is 0 Å².